The standard InChI is InChI=1S/C13H13N3O3/c1-9-7-10-3-2-4-13(17)15(6-5-14)12(10)8-11(9)16(18)19/h7-8H,2-4,6H2,1H3. The van der Waals surface area contributed by atoms with Gasteiger partial charge in [0.15, 0.2) is 0 Å². The van der Waals surface area contributed by atoms with Crippen LogP contribution in [0, 0.1) is 28.4 Å². The van der Waals surface area contributed by atoms with Crippen LogP contribution in [0.2, 0.25) is 0 Å². The second-order valence-electron chi connectivity index (χ2n) is 4.52. The molecule has 0 N–H and O–H groups in total. The van der Waals surface area contributed by atoms with E-state index in [0.717, 1.165) is 5.56 Å². The molecule has 6 nitrogen and oxygen atoms in total. The van der Waals surface area contributed by atoms with Crippen LogP contribution in [0.3, 0.4) is 0 Å². The molecular weight excluding hydrogens is 246 g/mol. The average molecular weight is 259 g/mol. The van der Waals surface area contributed by atoms with Crippen molar-refractivity contribution in [3.05, 3.63) is 33.4 Å². The minimum atomic E-state index is -0.463. The molecule has 1 amide bonds. The summed E-state index contributed by atoms with van der Waals surface area (Å²) in [6.45, 7) is 1.60. The Bertz CT molecular complexity index is 590. The van der Waals surface area contributed by atoms with Crippen LogP contribution in [0.25, 0.3) is 0 Å². The first-order valence-electron chi connectivity index (χ1n) is 6.00. The van der Waals surface area contributed by atoms with Crippen LogP contribution in [0.4, 0.5) is 11.4 Å². The Morgan fingerprint density at radius 2 is 2.21 bits per heavy atom. The highest BCUT2D eigenvalue weighted by atomic mass is 16.6. The van der Waals surface area contributed by atoms with Crippen molar-refractivity contribution >= 4 is 17.3 Å². The van der Waals surface area contributed by atoms with Crippen molar-refractivity contribution in [2.75, 3.05) is 11.4 Å². The number of hydrogen-bond donors (Lipinski definition) is 0. The zero-order chi connectivity index (χ0) is 14.0. The zero-order valence-electron chi connectivity index (χ0n) is 10.5. The second-order valence-corrected chi connectivity index (χ2v) is 4.52. The van der Waals surface area contributed by atoms with Crippen LogP contribution < -0.4 is 4.90 Å². The summed E-state index contributed by atoms with van der Waals surface area (Å²) in [4.78, 5) is 23.8. The lowest BCUT2D eigenvalue weighted by atomic mass is 10.0. The van der Waals surface area contributed by atoms with Gasteiger partial charge >= 0.3 is 0 Å². The van der Waals surface area contributed by atoms with Crippen LogP contribution in [0.1, 0.15) is 24.0 Å². The summed E-state index contributed by atoms with van der Waals surface area (Å²) in [7, 11) is 0. The topological polar surface area (TPSA) is 87.2 Å². The lowest BCUT2D eigenvalue weighted by Crippen LogP contribution is -2.30. The number of amides is 1. The Hall–Kier alpha value is -2.42. The zero-order valence-corrected chi connectivity index (χ0v) is 10.5. The Labute approximate surface area is 110 Å². The van der Waals surface area contributed by atoms with E-state index in [1.165, 1.54) is 11.0 Å². The maximum atomic E-state index is 11.9. The fourth-order valence-corrected chi connectivity index (χ4v) is 2.34. The van der Waals surface area contributed by atoms with Gasteiger partial charge in [-0.05, 0) is 31.4 Å². The van der Waals surface area contributed by atoms with Crippen molar-refractivity contribution in [3.63, 3.8) is 0 Å². The summed E-state index contributed by atoms with van der Waals surface area (Å²) in [5.74, 6) is -0.154. The molecular formula is C13H13N3O3. The molecule has 0 saturated carbocycles. The Kier molecular flexibility index (Phi) is 3.47. The number of carbonyl (C=O) groups is 1. The van der Waals surface area contributed by atoms with Gasteiger partial charge in [0.2, 0.25) is 5.91 Å². The van der Waals surface area contributed by atoms with Crippen molar-refractivity contribution in [2.24, 2.45) is 0 Å². The first kappa shape index (κ1) is 13.0. The summed E-state index contributed by atoms with van der Waals surface area (Å²) in [5, 5.41) is 19.8. The number of benzene rings is 1. The minimum absolute atomic E-state index is 0.0172. The van der Waals surface area contributed by atoms with Crippen LogP contribution in [0.15, 0.2) is 12.1 Å². The largest absolute Gasteiger partial charge is 0.298 e. The maximum Gasteiger partial charge on any atom is 0.274 e. The number of nitriles is 1. The molecule has 1 aromatic carbocycles. The van der Waals surface area contributed by atoms with Crippen LogP contribution in [0.5, 0.6) is 0 Å². The van der Waals surface area contributed by atoms with E-state index in [1.807, 2.05) is 6.07 Å². The summed E-state index contributed by atoms with van der Waals surface area (Å²) in [5.41, 5.74) is 1.96. The summed E-state index contributed by atoms with van der Waals surface area (Å²) >= 11 is 0. The molecule has 0 bridgehead atoms. The highest BCUT2D eigenvalue weighted by Crippen LogP contribution is 2.33. The smallest absolute Gasteiger partial charge is 0.274 e. The van der Waals surface area contributed by atoms with E-state index in [2.05, 4.69) is 0 Å². The van der Waals surface area contributed by atoms with E-state index in [1.54, 1.807) is 13.0 Å². The highest BCUT2D eigenvalue weighted by molar-refractivity contribution is 5.95. The van der Waals surface area contributed by atoms with Gasteiger partial charge in [0.25, 0.3) is 5.69 Å². The molecule has 0 aromatic heterocycles. The third-order valence-corrected chi connectivity index (χ3v) is 3.25. The average Bonchev–Trinajstić information content (AvgIpc) is 2.49. The predicted molar refractivity (Wildman–Crippen MR) is 68.7 cm³/mol. The molecule has 19 heavy (non-hydrogen) atoms. The highest BCUT2D eigenvalue weighted by Gasteiger charge is 2.25. The third-order valence-electron chi connectivity index (χ3n) is 3.25. The minimum Gasteiger partial charge on any atom is -0.298 e. The molecule has 0 fully saturated rings. The number of nitro groups is 1. The number of rotatable bonds is 2. The molecule has 1 aliphatic heterocycles. The first-order chi connectivity index (χ1) is 9.04. The molecule has 0 atom stereocenters. The molecule has 0 saturated heterocycles. The molecule has 0 aliphatic carbocycles. The lowest BCUT2D eigenvalue weighted by molar-refractivity contribution is -0.385. The molecule has 1 aliphatic rings. The molecule has 2 rings (SSSR count). The molecule has 6 heteroatoms. The Balaban J connectivity index is 2.59. The predicted octanol–water partition coefficient (Wildman–Crippen LogP) is 2.10. The number of anilines is 1. The van der Waals surface area contributed by atoms with Crippen molar-refractivity contribution in [2.45, 2.75) is 26.2 Å². The molecule has 0 radical (unpaired) electrons. The Morgan fingerprint density at radius 3 is 2.84 bits per heavy atom. The third kappa shape index (κ3) is 2.40. The van der Waals surface area contributed by atoms with Crippen LogP contribution in [-0.4, -0.2) is 17.4 Å². The van der Waals surface area contributed by atoms with Gasteiger partial charge in [0, 0.05) is 18.1 Å². The summed E-state index contributed by atoms with van der Waals surface area (Å²) in [6, 6.07) is 5.09. The van der Waals surface area contributed by atoms with E-state index < -0.39 is 4.92 Å². The molecule has 1 aromatic rings. The number of nitrogens with zero attached hydrogens (tertiary/aromatic N) is 3. The van der Waals surface area contributed by atoms with Crippen molar-refractivity contribution < 1.29 is 9.72 Å². The van der Waals surface area contributed by atoms with Crippen molar-refractivity contribution in [1.29, 1.82) is 5.26 Å². The molecule has 98 valence electrons. The number of carbonyl (C=O) groups excluding carboxylic acids is 1. The van der Waals surface area contributed by atoms with Gasteiger partial charge in [0.1, 0.15) is 6.54 Å². The molecule has 0 spiro atoms. The second kappa shape index (κ2) is 5.06. The quantitative estimate of drug-likeness (QED) is 0.462. The van der Waals surface area contributed by atoms with E-state index in [9.17, 15) is 14.9 Å². The van der Waals surface area contributed by atoms with Crippen LogP contribution in [-0.2, 0) is 11.2 Å². The number of nitro benzene ring substituents is 1. The number of fused-ring (bicyclic) bond motifs is 1. The SMILES string of the molecule is Cc1cc2c(cc1[N+](=O)[O-])N(CC#N)C(=O)CCC2. The van der Waals surface area contributed by atoms with E-state index >= 15 is 0 Å². The normalized spacial score (nSPS) is 14.5. The van der Waals surface area contributed by atoms with Gasteiger partial charge in [-0.25, -0.2) is 0 Å². The lowest BCUT2D eigenvalue weighted by Gasteiger charge is -2.20. The monoisotopic (exact) mass is 259 g/mol. The molecule has 1 heterocycles. The summed E-state index contributed by atoms with van der Waals surface area (Å²) < 4.78 is 0. The first-order valence-corrected chi connectivity index (χ1v) is 6.00. The van der Waals surface area contributed by atoms with Crippen LogP contribution >= 0.6 is 0 Å². The Morgan fingerprint density at radius 1 is 1.47 bits per heavy atom. The van der Waals surface area contributed by atoms with Gasteiger partial charge in [-0.1, -0.05) is 0 Å². The van der Waals surface area contributed by atoms with E-state index in [4.69, 9.17) is 5.26 Å². The van der Waals surface area contributed by atoms with Gasteiger partial charge in [-0.3, -0.25) is 19.8 Å². The van der Waals surface area contributed by atoms with Crippen molar-refractivity contribution in [1.82, 2.24) is 0 Å². The fourth-order valence-electron chi connectivity index (χ4n) is 2.34. The number of aryl methyl sites for hydroxylation is 2. The van der Waals surface area contributed by atoms with Crippen molar-refractivity contribution in [3.8, 4) is 6.07 Å². The fraction of sp³-hybridized carbons (Fsp3) is 0.385. The van der Waals surface area contributed by atoms with E-state index in [-0.39, 0.29) is 18.1 Å². The van der Waals surface area contributed by atoms with Gasteiger partial charge in [0.05, 0.1) is 16.7 Å². The maximum absolute atomic E-state index is 11.9. The van der Waals surface area contributed by atoms with E-state index in [0.29, 0.717) is 30.5 Å². The summed E-state index contributed by atoms with van der Waals surface area (Å²) in [6.07, 6.45) is 1.76. The number of hydrogen-bond acceptors (Lipinski definition) is 4. The molecule has 0 unspecified atom stereocenters. The van der Waals surface area contributed by atoms with Gasteiger partial charge in [-0.15, -0.1) is 0 Å². The van der Waals surface area contributed by atoms with Gasteiger partial charge in [-0.2, -0.15) is 5.26 Å². The van der Waals surface area contributed by atoms with Gasteiger partial charge < -0.3 is 0 Å².